The van der Waals surface area contributed by atoms with Crippen molar-refractivity contribution in [2.45, 2.75) is 65.7 Å². The van der Waals surface area contributed by atoms with Crippen LogP contribution in [0.15, 0.2) is 0 Å². The first kappa shape index (κ1) is 11.7. The zero-order valence-electron chi connectivity index (χ0n) is 11.6. The highest BCUT2D eigenvalue weighted by atomic mass is 16.1. The van der Waals surface area contributed by atoms with Crippen LogP contribution in [0.4, 0.5) is 0 Å². The van der Waals surface area contributed by atoms with Crippen LogP contribution in [0.3, 0.4) is 0 Å². The van der Waals surface area contributed by atoms with Crippen LogP contribution in [0, 0.1) is 28.6 Å². The van der Waals surface area contributed by atoms with Crippen LogP contribution < -0.4 is 0 Å². The van der Waals surface area contributed by atoms with Gasteiger partial charge in [0.1, 0.15) is 5.78 Å². The second-order valence-electron chi connectivity index (χ2n) is 7.54. The van der Waals surface area contributed by atoms with Gasteiger partial charge in [-0.2, -0.15) is 0 Å². The first-order chi connectivity index (χ1) is 8.00. The summed E-state index contributed by atoms with van der Waals surface area (Å²) in [6.45, 7) is 6.83. The molecule has 1 heteroatoms. The normalized spacial score (nSPS) is 47.8. The summed E-state index contributed by atoms with van der Waals surface area (Å²) >= 11 is 0. The van der Waals surface area contributed by atoms with Crippen molar-refractivity contribution in [2.24, 2.45) is 28.6 Å². The summed E-state index contributed by atoms with van der Waals surface area (Å²) in [5.41, 5.74) is 0.637. The molecular formula is C16H26O. The first-order valence-corrected chi connectivity index (χ1v) is 7.53. The van der Waals surface area contributed by atoms with Crippen LogP contribution in [0.5, 0.6) is 0 Å². The Morgan fingerprint density at radius 3 is 2.24 bits per heavy atom. The summed E-state index contributed by atoms with van der Waals surface area (Å²) < 4.78 is 0. The van der Waals surface area contributed by atoms with Gasteiger partial charge in [-0.1, -0.05) is 20.8 Å². The highest BCUT2D eigenvalue weighted by molar-refractivity contribution is 5.85. The van der Waals surface area contributed by atoms with E-state index >= 15 is 0 Å². The molecule has 0 saturated heterocycles. The van der Waals surface area contributed by atoms with Crippen LogP contribution in [0.1, 0.15) is 65.7 Å². The van der Waals surface area contributed by atoms with E-state index < -0.39 is 0 Å². The number of carbonyl (C=O) groups excluding carboxylic acids is 1. The van der Waals surface area contributed by atoms with Crippen molar-refractivity contribution < 1.29 is 4.79 Å². The SMILES string of the molecule is CCC(=O)C12CC3CC(C1)CC(C(C)C)(C3)C2. The third-order valence-electron chi connectivity index (χ3n) is 6.24. The third kappa shape index (κ3) is 1.54. The Labute approximate surface area is 105 Å². The molecule has 0 N–H and O–H groups in total. The maximum absolute atomic E-state index is 12.4. The number of hydrogen-bond acceptors (Lipinski definition) is 1. The molecule has 0 amide bonds. The average Bonchev–Trinajstić information content (AvgIpc) is 2.26. The summed E-state index contributed by atoms with van der Waals surface area (Å²) in [5.74, 6) is 3.08. The van der Waals surface area contributed by atoms with Crippen molar-refractivity contribution in [1.29, 1.82) is 0 Å². The minimum absolute atomic E-state index is 0.114. The lowest BCUT2D eigenvalue weighted by Crippen LogP contribution is -2.56. The van der Waals surface area contributed by atoms with Gasteiger partial charge in [0.2, 0.25) is 0 Å². The molecule has 4 saturated carbocycles. The van der Waals surface area contributed by atoms with Gasteiger partial charge in [-0.05, 0) is 61.7 Å². The van der Waals surface area contributed by atoms with E-state index in [2.05, 4.69) is 20.8 Å². The average molecular weight is 234 g/mol. The molecular weight excluding hydrogens is 208 g/mol. The van der Waals surface area contributed by atoms with E-state index in [1.807, 2.05) is 0 Å². The Hall–Kier alpha value is -0.330. The summed E-state index contributed by atoms with van der Waals surface area (Å²) in [5, 5.41) is 0. The van der Waals surface area contributed by atoms with Crippen LogP contribution in [0.2, 0.25) is 0 Å². The Kier molecular flexibility index (Phi) is 2.48. The number of hydrogen-bond donors (Lipinski definition) is 0. The number of carbonyl (C=O) groups is 1. The summed E-state index contributed by atoms with van der Waals surface area (Å²) in [4.78, 5) is 12.4. The minimum atomic E-state index is 0.114. The lowest BCUT2D eigenvalue weighted by atomic mass is 9.41. The molecule has 0 aromatic carbocycles. The van der Waals surface area contributed by atoms with Crippen molar-refractivity contribution >= 4 is 5.78 Å². The fraction of sp³-hybridized carbons (Fsp3) is 0.938. The molecule has 4 aliphatic carbocycles. The van der Waals surface area contributed by atoms with Crippen LogP contribution in [-0.2, 0) is 4.79 Å². The number of rotatable bonds is 3. The lowest BCUT2D eigenvalue weighted by Gasteiger charge is -2.63. The highest BCUT2D eigenvalue weighted by Gasteiger charge is 2.60. The maximum atomic E-state index is 12.4. The van der Waals surface area contributed by atoms with Crippen molar-refractivity contribution in [3.63, 3.8) is 0 Å². The molecule has 0 heterocycles. The fourth-order valence-electron chi connectivity index (χ4n) is 5.71. The second-order valence-corrected chi connectivity index (χ2v) is 7.54. The second kappa shape index (κ2) is 3.59. The van der Waals surface area contributed by atoms with Crippen molar-refractivity contribution in [2.75, 3.05) is 0 Å². The molecule has 1 nitrogen and oxygen atoms in total. The van der Waals surface area contributed by atoms with Crippen molar-refractivity contribution in [1.82, 2.24) is 0 Å². The quantitative estimate of drug-likeness (QED) is 0.715. The molecule has 17 heavy (non-hydrogen) atoms. The summed E-state index contributed by atoms with van der Waals surface area (Å²) in [6, 6.07) is 0. The third-order valence-corrected chi connectivity index (χ3v) is 6.24. The zero-order chi connectivity index (χ0) is 12.3. The van der Waals surface area contributed by atoms with Crippen LogP contribution in [-0.4, -0.2) is 5.78 Å². The molecule has 0 aromatic heterocycles. The molecule has 4 aliphatic rings. The highest BCUT2D eigenvalue weighted by Crippen LogP contribution is 2.67. The monoisotopic (exact) mass is 234 g/mol. The number of Topliss-reactive ketones (excluding diaryl/α,β-unsaturated/α-hetero) is 1. The van der Waals surface area contributed by atoms with Crippen molar-refractivity contribution in [3.05, 3.63) is 0 Å². The molecule has 4 bridgehead atoms. The maximum Gasteiger partial charge on any atom is 0.138 e. The van der Waals surface area contributed by atoms with Gasteiger partial charge in [0, 0.05) is 11.8 Å². The molecule has 2 atom stereocenters. The van der Waals surface area contributed by atoms with Gasteiger partial charge in [0.25, 0.3) is 0 Å². The topological polar surface area (TPSA) is 17.1 Å². The predicted molar refractivity (Wildman–Crippen MR) is 69.7 cm³/mol. The standard InChI is InChI=1S/C16H26O/c1-4-14(17)16-8-12-5-13(9-16)7-15(6-12,10-16)11(2)3/h11-13H,4-10H2,1-3H3. The fourth-order valence-corrected chi connectivity index (χ4v) is 5.71. The van der Waals surface area contributed by atoms with Gasteiger partial charge >= 0.3 is 0 Å². The van der Waals surface area contributed by atoms with Crippen LogP contribution >= 0.6 is 0 Å². The number of ketones is 1. The van der Waals surface area contributed by atoms with Gasteiger partial charge in [0.15, 0.2) is 0 Å². The van der Waals surface area contributed by atoms with E-state index in [0.29, 0.717) is 11.2 Å². The lowest BCUT2D eigenvalue weighted by molar-refractivity contribution is -0.161. The molecule has 2 unspecified atom stereocenters. The minimum Gasteiger partial charge on any atom is -0.299 e. The first-order valence-electron chi connectivity index (χ1n) is 7.53. The zero-order valence-corrected chi connectivity index (χ0v) is 11.6. The Bertz CT molecular complexity index is 327. The molecule has 4 fully saturated rings. The molecule has 0 aliphatic heterocycles. The molecule has 0 aromatic rings. The van der Waals surface area contributed by atoms with E-state index in [4.69, 9.17) is 0 Å². The molecule has 4 rings (SSSR count). The van der Waals surface area contributed by atoms with Gasteiger partial charge in [-0.15, -0.1) is 0 Å². The van der Waals surface area contributed by atoms with E-state index in [0.717, 1.165) is 24.2 Å². The summed E-state index contributed by atoms with van der Waals surface area (Å²) in [6.07, 6.45) is 8.69. The van der Waals surface area contributed by atoms with E-state index in [1.165, 1.54) is 38.5 Å². The van der Waals surface area contributed by atoms with Gasteiger partial charge in [-0.25, -0.2) is 0 Å². The van der Waals surface area contributed by atoms with E-state index in [1.54, 1.807) is 0 Å². The van der Waals surface area contributed by atoms with Gasteiger partial charge in [0.05, 0.1) is 0 Å². The summed E-state index contributed by atoms with van der Waals surface area (Å²) in [7, 11) is 0. The Morgan fingerprint density at radius 1 is 1.18 bits per heavy atom. The Balaban J connectivity index is 1.97. The van der Waals surface area contributed by atoms with Crippen molar-refractivity contribution in [3.8, 4) is 0 Å². The Morgan fingerprint density at radius 2 is 1.76 bits per heavy atom. The van der Waals surface area contributed by atoms with E-state index in [9.17, 15) is 4.79 Å². The van der Waals surface area contributed by atoms with Gasteiger partial charge in [-0.3, -0.25) is 4.79 Å². The van der Waals surface area contributed by atoms with Gasteiger partial charge < -0.3 is 0 Å². The smallest absolute Gasteiger partial charge is 0.138 e. The molecule has 96 valence electrons. The van der Waals surface area contributed by atoms with E-state index in [-0.39, 0.29) is 5.41 Å². The largest absolute Gasteiger partial charge is 0.299 e. The molecule has 0 radical (unpaired) electrons. The predicted octanol–water partition coefficient (Wildman–Crippen LogP) is 4.21. The molecule has 0 spiro atoms. The van der Waals surface area contributed by atoms with Crippen LogP contribution in [0.25, 0.3) is 0 Å².